The monoisotopic (exact) mass is 645 g/mol. The van der Waals surface area contributed by atoms with Crippen LogP contribution in [0.4, 0.5) is 0 Å². The summed E-state index contributed by atoms with van der Waals surface area (Å²) in [5, 5.41) is 1.22. The van der Waals surface area contributed by atoms with E-state index >= 15 is 0 Å². The Morgan fingerprint density at radius 3 is 2.28 bits per heavy atom. The van der Waals surface area contributed by atoms with Gasteiger partial charge in [-0.05, 0) is 64.1 Å². The second kappa shape index (κ2) is 13.8. The van der Waals surface area contributed by atoms with E-state index in [0.717, 1.165) is 41.0 Å². The first kappa shape index (κ1) is 31.2. The molecular weight excluding hydrogens is 607 g/mol. The van der Waals surface area contributed by atoms with E-state index in [0.29, 0.717) is 0 Å². The lowest BCUT2D eigenvalue weighted by Gasteiger charge is -2.13. The van der Waals surface area contributed by atoms with Crippen LogP contribution in [0.15, 0.2) is 177 Å². The van der Waals surface area contributed by atoms with E-state index in [9.17, 15) is 0 Å². The van der Waals surface area contributed by atoms with Crippen molar-refractivity contribution in [3.05, 3.63) is 193 Å². The van der Waals surface area contributed by atoms with Gasteiger partial charge in [-0.3, -0.25) is 0 Å². The summed E-state index contributed by atoms with van der Waals surface area (Å²) >= 11 is 0. The molecule has 0 fully saturated rings. The minimum absolute atomic E-state index is 0.112. The molecule has 0 radical (unpaired) electrons. The fourth-order valence-electron chi connectivity index (χ4n) is 7.13. The number of para-hydroxylation sites is 1. The summed E-state index contributed by atoms with van der Waals surface area (Å²) in [6, 6.07) is 41.5. The average Bonchev–Trinajstić information content (AvgIpc) is 3.73. The molecule has 0 saturated heterocycles. The van der Waals surface area contributed by atoms with Crippen molar-refractivity contribution in [2.75, 3.05) is 0 Å². The Balaban J connectivity index is 1.14. The van der Waals surface area contributed by atoms with Crippen molar-refractivity contribution in [2.24, 2.45) is 0 Å². The van der Waals surface area contributed by atoms with Crippen LogP contribution in [0.2, 0.25) is 0 Å². The van der Waals surface area contributed by atoms with E-state index in [1.165, 1.54) is 49.9 Å². The molecule has 50 heavy (non-hydrogen) atoms. The number of aromatic nitrogens is 1. The topological polar surface area (TPSA) is 14.2 Å². The fourth-order valence-corrected chi connectivity index (χ4v) is 7.13. The third-order valence-electron chi connectivity index (χ3n) is 9.73. The third kappa shape index (κ3) is 6.01. The molecule has 0 N–H and O–H groups in total. The number of allylic oxidation sites excluding steroid dienone is 8. The highest BCUT2D eigenvalue weighted by molar-refractivity contribution is 5.99. The predicted molar refractivity (Wildman–Crippen MR) is 213 cm³/mol. The lowest BCUT2D eigenvalue weighted by molar-refractivity contribution is 0.280. The van der Waals surface area contributed by atoms with Crippen molar-refractivity contribution in [2.45, 2.75) is 26.0 Å². The van der Waals surface area contributed by atoms with Gasteiger partial charge in [-0.2, -0.15) is 0 Å². The number of fused-ring (bicyclic) bond motifs is 4. The zero-order valence-electron chi connectivity index (χ0n) is 28.3. The Bertz CT molecular complexity index is 2340. The number of benzene rings is 5. The summed E-state index contributed by atoms with van der Waals surface area (Å²) in [4.78, 5) is 0. The molecule has 0 bridgehead atoms. The molecular formula is C48H39NO. The van der Waals surface area contributed by atoms with Crippen molar-refractivity contribution in [3.63, 3.8) is 0 Å². The van der Waals surface area contributed by atoms with Crippen molar-refractivity contribution >= 4 is 28.1 Å². The summed E-state index contributed by atoms with van der Waals surface area (Å²) in [6.07, 6.45) is 22.4. The van der Waals surface area contributed by atoms with Gasteiger partial charge < -0.3 is 9.30 Å². The molecule has 242 valence electrons. The molecule has 5 aromatic carbocycles. The summed E-state index contributed by atoms with van der Waals surface area (Å²) < 4.78 is 8.79. The third-order valence-corrected chi connectivity index (χ3v) is 9.73. The van der Waals surface area contributed by atoms with Crippen molar-refractivity contribution in [3.8, 4) is 39.1 Å². The molecule has 1 aromatic heterocycles. The Hall–Kier alpha value is -6.12. The van der Waals surface area contributed by atoms with E-state index in [1.807, 2.05) is 13.0 Å². The van der Waals surface area contributed by atoms with Gasteiger partial charge in [0.2, 0.25) is 0 Å². The Morgan fingerprint density at radius 1 is 0.780 bits per heavy atom. The molecule has 0 amide bonds. The van der Waals surface area contributed by atoms with Gasteiger partial charge in [0.05, 0.1) is 0 Å². The van der Waals surface area contributed by atoms with Crippen LogP contribution in [0.3, 0.4) is 0 Å². The van der Waals surface area contributed by atoms with Gasteiger partial charge in [-0.1, -0.05) is 158 Å². The van der Waals surface area contributed by atoms with Gasteiger partial charge >= 0.3 is 0 Å². The SMILES string of the molecule is C=C/C(=C\c1cn(C/C=C\C=C/C)c2ccc(-c3ccc(-c4ccccc4)cc3)cc12)c1ccc(-c2cccc3c2OC2CC=CC=C32)cc1. The molecule has 8 rings (SSSR count). The Labute approximate surface area is 295 Å². The molecule has 1 atom stereocenters. The van der Waals surface area contributed by atoms with Crippen LogP contribution < -0.4 is 4.74 Å². The summed E-state index contributed by atoms with van der Waals surface area (Å²) in [5.74, 6) is 0.987. The number of rotatable bonds is 9. The molecule has 0 saturated carbocycles. The lowest BCUT2D eigenvalue weighted by atomic mass is 9.93. The zero-order chi connectivity index (χ0) is 33.9. The average molecular weight is 646 g/mol. The molecule has 2 nitrogen and oxygen atoms in total. The smallest absolute Gasteiger partial charge is 0.135 e. The van der Waals surface area contributed by atoms with Crippen LogP contribution in [-0.2, 0) is 6.54 Å². The number of nitrogens with zero attached hydrogens (tertiary/aromatic N) is 1. The van der Waals surface area contributed by atoms with E-state index in [4.69, 9.17) is 4.74 Å². The van der Waals surface area contributed by atoms with Gasteiger partial charge in [-0.15, -0.1) is 0 Å². The van der Waals surface area contributed by atoms with E-state index in [2.05, 4.69) is 181 Å². The number of hydrogen-bond acceptors (Lipinski definition) is 1. The minimum Gasteiger partial charge on any atom is -0.484 e. The van der Waals surface area contributed by atoms with Crippen LogP contribution >= 0.6 is 0 Å². The number of hydrogen-bond donors (Lipinski definition) is 0. The van der Waals surface area contributed by atoms with Gasteiger partial charge in [0.1, 0.15) is 11.9 Å². The van der Waals surface area contributed by atoms with E-state index in [-0.39, 0.29) is 6.10 Å². The van der Waals surface area contributed by atoms with Crippen molar-refractivity contribution in [1.29, 1.82) is 0 Å². The van der Waals surface area contributed by atoms with Crippen LogP contribution in [0.5, 0.6) is 5.75 Å². The van der Waals surface area contributed by atoms with Crippen LogP contribution in [0.1, 0.15) is 30.0 Å². The highest BCUT2D eigenvalue weighted by Gasteiger charge is 2.30. The number of ether oxygens (including phenoxy) is 1. The van der Waals surface area contributed by atoms with Gasteiger partial charge in [0.25, 0.3) is 0 Å². The normalized spacial score (nSPS) is 15.3. The van der Waals surface area contributed by atoms with Crippen molar-refractivity contribution in [1.82, 2.24) is 4.57 Å². The summed E-state index contributed by atoms with van der Waals surface area (Å²) in [6.45, 7) is 7.06. The van der Waals surface area contributed by atoms with Gasteiger partial charge in [0.15, 0.2) is 0 Å². The summed E-state index contributed by atoms with van der Waals surface area (Å²) in [7, 11) is 0. The highest BCUT2D eigenvalue weighted by Crippen LogP contribution is 2.46. The molecule has 6 aromatic rings. The first-order valence-electron chi connectivity index (χ1n) is 17.4. The van der Waals surface area contributed by atoms with E-state index < -0.39 is 0 Å². The quantitative estimate of drug-likeness (QED) is 0.143. The second-order valence-electron chi connectivity index (χ2n) is 12.8. The molecule has 1 aliphatic carbocycles. The zero-order valence-corrected chi connectivity index (χ0v) is 28.3. The van der Waals surface area contributed by atoms with Crippen LogP contribution in [-0.4, -0.2) is 10.7 Å². The molecule has 2 heterocycles. The Kier molecular flexibility index (Phi) is 8.59. The first-order chi connectivity index (χ1) is 24.7. The van der Waals surface area contributed by atoms with Crippen LogP contribution in [0, 0.1) is 0 Å². The van der Waals surface area contributed by atoms with Gasteiger partial charge in [-0.25, -0.2) is 0 Å². The standard InChI is InChI=1S/C48H39NO/c1-3-5-6-12-30-49-33-41(45-32-40(28-29-46(45)49)38-22-20-37(21-23-38)35-14-8-7-9-15-35)31-34(4-2)36-24-26-39(27-25-36)42-17-13-18-44-43-16-10-11-19-47(43)50-48(42)44/h3-18,20-29,31-33,47H,2,19,30H2,1H3/b5-3-,12-6-,34-31+. The van der Waals surface area contributed by atoms with Crippen LogP contribution in [0.25, 0.3) is 61.5 Å². The Morgan fingerprint density at radius 2 is 1.50 bits per heavy atom. The maximum Gasteiger partial charge on any atom is 0.135 e. The van der Waals surface area contributed by atoms with Crippen molar-refractivity contribution < 1.29 is 4.74 Å². The minimum atomic E-state index is 0.112. The maximum absolute atomic E-state index is 6.47. The highest BCUT2D eigenvalue weighted by atomic mass is 16.5. The predicted octanol–water partition coefficient (Wildman–Crippen LogP) is 12.6. The molecule has 2 heteroatoms. The second-order valence-corrected chi connectivity index (χ2v) is 12.8. The molecule has 2 aliphatic rings. The fraction of sp³-hybridized carbons (Fsp3) is 0.0833. The lowest BCUT2D eigenvalue weighted by Crippen LogP contribution is -2.12. The molecule has 1 aliphatic heterocycles. The molecule has 0 spiro atoms. The largest absolute Gasteiger partial charge is 0.484 e. The summed E-state index contributed by atoms with van der Waals surface area (Å²) in [5.41, 5.74) is 14.2. The van der Waals surface area contributed by atoms with E-state index in [1.54, 1.807) is 0 Å². The first-order valence-corrected chi connectivity index (χ1v) is 17.4. The molecule has 1 unspecified atom stereocenters. The van der Waals surface area contributed by atoms with Gasteiger partial charge in [0, 0.05) is 52.3 Å². The maximum atomic E-state index is 6.47.